The van der Waals surface area contributed by atoms with Gasteiger partial charge < -0.3 is 56.3 Å². The van der Waals surface area contributed by atoms with Crippen molar-refractivity contribution in [3.8, 4) is 46.0 Å². The Morgan fingerprint density at radius 1 is 0.485 bits per heavy atom. The lowest BCUT2D eigenvalue weighted by molar-refractivity contribution is -0.940. The van der Waals surface area contributed by atoms with Crippen LogP contribution in [0.15, 0.2) is 60.7 Å². The minimum atomic E-state index is -2.49. The number of quaternary nitrogens is 2. The quantitative estimate of drug-likeness (QED) is 0.0360. The van der Waals surface area contributed by atoms with Gasteiger partial charge in [0.2, 0.25) is 0 Å². The number of carbonyl (C=O) groups excluding carboxylic acids is 2. The molecule has 0 saturated heterocycles. The van der Waals surface area contributed by atoms with Gasteiger partial charge in [0.25, 0.3) is 0 Å². The fourth-order valence-corrected chi connectivity index (χ4v) is 9.63. The predicted molar refractivity (Wildman–Crippen MR) is 260 cm³/mol. The van der Waals surface area contributed by atoms with Gasteiger partial charge in [0.1, 0.15) is 12.1 Å². The summed E-state index contributed by atoms with van der Waals surface area (Å²) in [6.45, 7) is -4.11. The molecule has 4 aromatic carbocycles. The summed E-state index contributed by atoms with van der Waals surface area (Å²) in [5.41, 5.74) is 5.21. The summed E-state index contributed by atoms with van der Waals surface area (Å²) < 4.78 is 109. The molecule has 0 unspecified atom stereocenters. The molecule has 0 aromatic heterocycles. The van der Waals surface area contributed by atoms with Crippen molar-refractivity contribution in [3.63, 3.8) is 0 Å². The van der Waals surface area contributed by atoms with E-state index < -0.39 is 38.0 Å². The first-order chi connectivity index (χ1) is 35.4. The average Bonchev–Trinajstić information content (AvgIpc) is 3.39. The molecule has 68 heavy (non-hydrogen) atoms. The van der Waals surface area contributed by atoms with Crippen molar-refractivity contribution in [1.29, 1.82) is 0 Å². The summed E-state index contributed by atoms with van der Waals surface area (Å²) in [6, 6.07) is 17.5. The first-order valence-corrected chi connectivity index (χ1v) is 23.3. The first kappa shape index (κ1) is 43.4. The van der Waals surface area contributed by atoms with E-state index in [0.717, 1.165) is 33.4 Å². The topological polar surface area (TPSA) is 126 Å². The Morgan fingerprint density at radius 2 is 0.838 bits per heavy atom. The molecule has 0 aliphatic carbocycles. The molecule has 4 aromatic rings. The van der Waals surface area contributed by atoms with Crippen molar-refractivity contribution >= 4 is 11.9 Å². The van der Waals surface area contributed by atoms with Crippen LogP contribution in [0.5, 0.6) is 46.0 Å². The van der Waals surface area contributed by atoms with Crippen LogP contribution >= 0.6 is 0 Å². The van der Waals surface area contributed by atoms with Gasteiger partial charge in [-0.2, -0.15) is 0 Å². The van der Waals surface area contributed by atoms with Gasteiger partial charge in [-0.3, -0.25) is 9.59 Å². The zero-order valence-electron chi connectivity index (χ0n) is 47.0. The highest BCUT2D eigenvalue weighted by Crippen LogP contribution is 2.45. The van der Waals surface area contributed by atoms with Gasteiger partial charge in [-0.25, -0.2) is 0 Å². The number of esters is 2. The first-order valence-electron chi connectivity index (χ1n) is 26.3. The number of ether oxygens (including phenoxy) is 10. The van der Waals surface area contributed by atoms with Crippen LogP contribution in [0.2, 0.25) is 0 Å². The van der Waals surface area contributed by atoms with E-state index in [4.69, 9.17) is 55.6 Å². The summed E-state index contributed by atoms with van der Waals surface area (Å²) >= 11 is 0. The highest BCUT2D eigenvalue weighted by molar-refractivity contribution is 5.69. The van der Waals surface area contributed by atoms with Crippen molar-refractivity contribution in [3.05, 3.63) is 94.0 Å². The molecule has 370 valence electrons. The Morgan fingerprint density at radius 3 is 1.19 bits per heavy atom. The molecule has 2 heterocycles. The maximum atomic E-state index is 13.4. The zero-order chi connectivity index (χ0) is 53.8. The summed E-state index contributed by atoms with van der Waals surface area (Å²) in [6.07, 6.45) is 3.87. The lowest BCUT2D eigenvalue weighted by atomic mass is 9.86. The minimum absolute atomic E-state index is 0.0224. The fraction of sp³-hybridized carbons (Fsp3) is 0.519. The second-order valence-electron chi connectivity index (χ2n) is 17.4. The summed E-state index contributed by atoms with van der Waals surface area (Å²) in [5, 5.41) is 0. The van der Waals surface area contributed by atoms with Gasteiger partial charge in [-0.1, -0.05) is 12.1 Å². The third kappa shape index (κ3) is 12.2. The van der Waals surface area contributed by atoms with E-state index in [1.54, 1.807) is 69.0 Å². The molecule has 14 nitrogen and oxygen atoms in total. The Labute approximate surface area is 411 Å². The molecule has 4 atom stereocenters. The molecule has 0 radical (unpaired) electrons. The van der Waals surface area contributed by atoms with Gasteiger partial charge in [0, 0.05) is 36.8 Å². The second kappa shape index (κ2) is 23.9. The number of hydrogen-bond acceptors (Lipinski definition) is 12. The molecular weight excluding hydrogens is 869 g/mol. The molecule has 0 N–H and O–H groups in total. The van der Waals surface area contributed by atoms with Crippen LogP contribution in [0.25, 0.3) is 0 Å². The molecule has 0 saturated carbocycles. The molecular formula is C54H74N2O12+2. The second-order valence-corrected chi connectivity index (χ2v) is 17.4. The van der Waals surface area contributed by atoms with Gasteiger partial charge in [0.15, 0.2) is 46.0 Å². The van der Waals surface area contributed by atoms with Crippen molar-refractivity contribution in [2.24, 2.45) is 0 Å². The number of methoxy groups -OCH3 is 8. The minimum Gasteiger partial charge on any atom is -0.493 e. The van der Waals surface area contributed by atoms with Gasteiger partial charge >= 0.3 is 11.9 Å². The number of fused-ring (bicyclic) bond motifs is 2. The van der Waals surface area contributed by atoms with Crippen LogP contribution in [0.4, 0.5) is 0 Å². The third-order valence-electron chi connectivity index (χ3n) is 13.5. The zero-order valence-corrected chi connectivity index (χ0v) is 41.0. The maximum absolute atomic E-state index is 13.4. The van der Waals surface area contributed by atoms with Crippen molar-refractivity contribution < 1.29 is 74.1 Å². The van der Waals surface area contributed by atoms with Crippen LogP contribution < -0.4 is 37.9 Å². The van der Waals surface area contributed by atoms with Crippen LogP contribution in [-0.2, 0) is 44.7 Å². The monoisotopic (exact) mass is 949 g/mol. The Kier molecular flexibility index (Phi) is 15.3. The lowest BCUT2D eigenvalue weighted by Crippen LogP contribution is -2.53. The van der Waals surface area contributed by atoms with Crippen molar-refractivity contribution in [1.82, 2.24) is 0 Å². The number of nitrogens with zero attached hydrogens (tertiary/aromatic N) is 2. The van der Waals surface area contributed by atoms with E-state index >= 15 is 0 Å². The Balaban J connectivity index is 1.04. The lowest BCUT2D eigenvalue weighted by Gasteiger charge is -2.46. The van der Waals surface area contributed by atoms with Crippen molar-refractivity contribution in [2.75, 3.05) is 110 Å². The van der Waals surface area contributed by atoms with Crippen molar-refractivity contribution in [2.45, 2.75) is 76.3 Å². The van der Waals surface area contributed by atoms with Gasteiger partial charge in [-0.15, -0.1) is 0 Å². The normalized spacial score (nSPS) is 21.1. The fourth-order valence-electron chi connectivity index (χ4n) is 9.63. The van der Waals surface area contributed by atoms with E-state index in [2.05, 4.69) is 0 Å². The number of hydrogen-bond donors (Lipinski definition) is 0. The predicted octanol–water partition coefficient (Wildman–Crippen LogP) is 8.46. The number of rotatable bonds is 25. The summed E-state index contributed by atoms with van der Waals surface area (Å²) in [7, 11) is 12.4. The SMILES string of the molecule is [2H]C([2H])([2H])[N@+]1(CCC(=O)OCCCCCCOC(=O)CC[N@@+]2(C([2H])([2H])[2H])CCc3cc(OC)c(OC)cc3[C@H]2Cc2ccc(OC)c(OC)c2)CCc2cc(OC)c(OC)cc2[C@H]1Cc1ccc(OC)c(OC)c1. The largest absolute Gasteiger partial charge is 0.493 e. The van der Waals surface area contributed by atoms with Crippen LogP contribution in [0.1, 0.15) is 92.2 Å². The number of benzene rings is 4. The third-order valence-corrected chi connectivity index (χ3v) is 13.5. The van der Waals surface area contributed by atoms with Crippen LogP contribution in [0, 0.1) is 0 Å². The number of likely N-dealkylation sites (N-methyl/N-ethyl adjacent to an activating group) is 2. The Hall–Kier alpha value is -5.86. The molecule has 0 amide bonds. The average molecular weight is 949 g/mol. The molecule has 14 heteroatoms. The molecule has 2 aliphatic rings. The molecule has 2 aliphatic heterocycles. The van der Waals surface area contributed by atoms with E-state index in [-0.39, 0.29) is 61.2 Å². The van der Waals surface area contributed by atoms with E-state index in [9.17, 15) is 9.59 Å². The van der Waals surface area contributed by atoms with Gasteiger partial charge in [0.05, 0.1) is 131 Å². The van der Waals surface area contributed by atoms with Crippen LogP contribution in [-0.4, -0.2) is 131 Å². The van der Waals surface area contributed by atoms with Crippen LogP contribution in [0.3, 0.4) is 0 Å². The Bertz CT molecular complexity index is 2390. The molecule has 0 fully saturated rings. The standard InChI is InChI=1S/C54H74N2O12/c1-55(23-19-39-33-49(63-7)51(65-9)35-41(39)43(55)29-37-15-17-45(59-3)47(31-37)61-5)25-21-53(57)67-27-13-11-12-14-28-68-54(58)22-26-56(2)24-20-40-34-50(64-8)52(66-10)36-42(40)44(56)30-38-16-18-46(60-4)48(32-38)62-6/h15-18,31-36,43-44H,11-14,19-30H2,1-10H3/q+2/t43-,44-,55-,56-/m1/s1/i1D3,2D3. The highest BCUT2D eigenvalue weighted by atomic mass is 16.5. The smallest absolute Gasteiger partial charge is 0.311 e. The molecule has 6 rings (SSSR count). The van der Waals surface area contributed by atoms with E-state index in [1.807, 2.05) is 48.5 Å². The number of unbranched alkanes of at least 4 members (excludes halogenated alkanes) is 3. The van der Waals surface area contributed by atoms with Gasteiger partial charge in [-0.05, 0) is 96.5 Å². The molecule has 0 bridgehead atoms. The van der Waals surface area contributed by atoms with E-state index in [0.29, 0.717) is 97.4 Å². The highest BCUT2D eigenvalue weighted by Gasteiger charge is 2.42. The summed E-state index contributed by atoms with van der Waals surface area (Å²) in [5.74, 6) is 3.26. The summed E-state index contributed by atoms with van der Waals surface area (Å²) in [4.78, 5) is 26.7. The number of carbonyl (C=O) groups is 2. The molecule has 0 spiro atoms. The van der Waals surface area contributed by atoms with E-state index in [1.165, 1.54) is 0 Å². The maximum Gasteiger partial charge on any atom is 0.311 e.